The van der Waals surface area contributed by atoms with Gasteiger partial charge in [-0.1, -0.05) is 24.3 Å². The Morgan fingerprint density at radius 3 is 2.63 bits per heavy atom. The first-order chi connectivity index (χ1) is 13.0. The van der Waals surface area contributed by atoms with E-state index in [0.29, 0.717) is 11.3 Å². The van der Waals surface area contributed by atoms with Gasteiger partial charge in [0, 0.05) is 11.6 Å². The van der Waals surface area contributed by atoms with Gasteiger partial charge >= 0.3 is 6.18 Å². The van der Waals surface area contributed by atoms with Gasteiger partial charge in [-0.15, -0.1) is 0 Å². The fraction of sp³-hybridized carbons (Fsp3) is 0.286. The van der Waals surface area contributed by atoms with E-state index in [4.69, 9.17) is 10.00 Å². The van der Waals surface area contributed by atoms with Gasteiger partial charge in [0.1, 0.15) is 11.8 Å². The Morgan fingerprint density at radius 2 is 1.93 bits per heavy atom. The molecule has 0 radical (unpaired) electrons. The van der Waals surface area contributed by atoms with Gasteiger partial charge in [-0.2, -0.15) is 18.4 Å². The minimum Gasteiger partial charge on any atom is -0.479 e. The van der Waals surface area contributed by atoms with Crippen LogP contribution < -0.4 is 10.1 Å². The van der Waals surface area contributed by atoms with Crippen LogP contribution >= 0.6 is 0 Å². The molecular formula is C21H17F3N2O. The maximum absolute atomic E-state index is 13.1. The molecule has 2 aromatic rings. The molecule has 0 saturated carbocycles. The third-order valence-electron chi connectivity index (χ3n) is 5.23. The maximum Gasteiger partial charge on any atom is 0.416 e. The zero-order valence-corrected chi connectivity index (χ0v) is 14.3. The number of hydrogen-bond acceptors (Lipinski definition) is 3. The summed E-state index contributed by atoms with van der Waals surface area (Å²) in [5.41, 5.74) is 1.88. The highest BCUT2D eigenvalue weighted by atomic mass is 19.4. The highest BCUT2D eigenvalue weighted by Crippen LogP contribution is 2.50. The zero-order chi connectivity index (χ0) is 19.0. The number of hydrogen-bond donors (Lipinski definition) is 1. The molecule has 6 heteroatoms. The number of fused-ring (bicyclic) bond motifs is 3. The molecule has 0 unspecified atom stereocenters. The summed E-state index contributed by atoms with van der Waals surface area (Å²) in [4.78, 5) is 0. The van der Waals surface area contributed by atoms with E-state index in [1.165, 1.54) is 12.1 Å². The monoisotopic (exact) mass is 370 g/mol. The fourth-order valence-electron chi connectivity index (χ4n) is 3.99. The van der Waals surface area contributed by atoms with Crippen LogP contribution in [0.25, 0.3) is 0 Å². The van der Waals surface area contributed by atoms with Crippen molar-refractivity contribution in [3.63, 3.8) is 0 Å². The van der Waals surface area contributed by atoms with Gasteiger partial charge in [0.25, 0.3) is 0 Å². The van der Waals surface area contributed by atoms with Gasteiger partial charge in [0.05, 0.1) is 11.6 Å². The Hall–Kier alpha value is -2.94. The molecule has 138 valence electrons. The van der Waals surface area contributed by atoms with Crippen molar-refractivity contribution in [2.75, 3.05) is 11.9 Å². The maximum atomic E-state index is 13.1. The molecule has 1 N–H and O–H groups in total. The minimum atomic E-state index is -4.34. The van der Waals surface area contributed by atoms with E-state index in [9.17, 15) is 13.2 Å². The summed E-state index contributed by atoms with van der Waals surface area (Å²) in [6.07, 6.45) is 0.527. The molecule has 3 atom stereocenters. The average molecular weight is 370 g/mol. The van der Waals surface area contributed by atoms with Crippen LogP contribution in [0, 0.1) is 17.2 Å². The van der Waals surface area contributed by atoms with E-state index in [0.717, 1.165) is 23.7 Å². The van der Waals surface area contributed by atoms with Crippen LogP contribution in [0.15, 0.2) is 54.6 Å². The van der Waals surface area contributed by atoms with Crippen LogP contribution in [-0.2, 0) is 6.18 Å². The Morgan fingerprint density at radius 1 is 1.15 bits per heavy atom. The topological polar surface area (TPSA) is 45.0 Å². The predicted molar refractivity (Wildman–Crippen MR) is 95.3 cm³/mol. The molecule has 4 rings (SSSR count). The second-order valence-corrected chi connectivity index (χ2v) is 6.79. The van der Waals surface area contributed by atoms with E-state index in [1.54, 1.807) is 0 Å². The molecular weight excluding hydrogens is 353 g/mol. The lowest BCUT2D eigenvalue weighted by molar-refractivity contribution is -0.137. The van der Waals surface area contributed by atoms with Crippen LogP contribution in [-0.4, -0.2) is 6.61 Å². The highest BCUT2D eigenvalue weighted by molar-refractivity contribution is 5.61. The second-order valence-electron chi connectivity index (χ2n) is 6.79. The molecule has 1 aliphatic heterocycles. The quantitative estimate of drug-likeness (QED) is 0.733. The molecule has 0 spiro atoms. The third-order valence-corrected chi connectivity index (χ3v) is 5.23. The van der Waals surface area contributed by atoms with Crippen molar-refractivity contribution in [3.05, 3.63) is 71.3 Å². The molecule has 1 heterocycles. The lowest BCUT2D eigenvalue weighted by Gasteiger charge is -2.38. The van der Waals surface area contributed by atoms with Crippen LogP contribution in [0.4, 0.5) is 18.9 Å². The Bertz CT molecular complexity index is 913. The van der Waals surface area contributed by atoms with Crippen LogP contribution in [0.3, 0.4) is 0 Å². The summed E-state index contributed by atoms with van der Waals surface area (Å²) in [5.74, 6) is 0.738. The normalized spacial score (nSPS) is 23.1. The number of halogens is 3. The lowest BCUT2D eigenvalue weighted by Crippen LogP contribution is -2.29. The van der Waals surface area contributed by atoms with Crippen molar-refractivity contribution in [3.8, 4) is 11.8 Å². The molecule has 0 fully saturated rings. The molecule has 2 aromatic carbocycles. The highest BCUT2D eigenvalue weighted by Gasteiger charge is 2.39. The number of allylic oxidation sites excluding steroid dienone is 2. The second kappa shape index (κ2) is 6.66. The number of nitrogens with one attached hydrogen (secondary N) is 1. The number of benzene rings is 2. The Labute approximate surface area is 155 Å². The number of anilines is 1. The van der Waals surface area contributed by atoms with Crippen molar-refractivity contribution in [2.45, 2.75) is 24.6 Å². The van der Waals surface area contributed by atoms with Crippen molar-refractivity contribution in [2.24, 2.45) is 5.92 Å². The standard InChI is InChI=1S/C21H17F3N2O/c22-21(23,24)14-6-9-19-18(12-14)16-2-1-3-17(16)20(26-19)13-4-7-15(8-5-13)27-11-10-25/h1-2,4-9,12,16-17,20,26H,3,11H2/t16-,17+,20+/m1/s1. The fourth-order valence-corrected chi connectivity index (χ4v) is 3.99. The van der Waals surface area contributed by atoms with Gasteiger partial charge in [-0.05, 0) is 53.8 Å². The summed E-state index contributed by atoms with van der Waals surface area (Å²) >= 11 is 0. The van der Waals surface area contributed by atoms with Gasteiger partial charge in [0.2, 0.25) is 0 Å². The minimum absolute atomic E-state index is 0.000691. The van der Waals surface area contributed by atoms with Gasteiger partial charge in [-0.3, -0.25) is 0 Å². The summed E-state index contributed by atoms with van der Waals surface area (Å²) < 4.78 is 44.6. The number of nitriles is 1. The molecule has 0 aromatic heterocycles. The lowest BCUT2D eigenvalue weighted by atomic mass is 9.76. The van der Waals surface area contributed by atoms with Gasteiger partial charge in [-0.25, -0.2) is 0 Å². The Kier molecular flexibility index (Phi) is 4.31. The summed E-state index contributed by atoms with van der Waals surface area (Å²) in [5, 5.41) is 12.0. The van der Waals surface area contributed by atoms with Crippen molar-refractivity contribution in [1.29, 1.82) is 5.26 Å². The number of nitrogens with zero attached hydrogens (tertiary/aromatic N) is 1. The zero-order valence-electron chi connectivity index (χ0n) is 14.3. The third kappa shape index (κ3) is 3.25. The summed E-state index contributed by atoms with van der Waals surface area (Å²) in [7, 11) is 0. The van der Waals surface area contributed by atoms with Crippen LogP contribution in [0.2, 0.25) is 0 Å². The summed E-state index contributed by atoms with van der Waals surface area (Å²) in [6.45, 7) is -0.00937. The van der Waals surface area contributed by atoms with Gasteiger partial charge < -0.3 is 10.1 Å². The van der Waals surface area contributed by atoms with E-state index >= 15 is 0 Å². The molecule has 1 aliphatic carbocycles. The smallest absolute Gasteiger partial charge is 0.416 e. The first kappa shape index (κ1) is 17.5. The molecule has 2 aliphatic rings. The largest absolute Gasteiger partial charge is 0.479 e. The van der Waals surface area contributed by atoms with Gasteiger partial charge in [0.15, 0.2) is 6.61 Å². The Balaban J connectivity index is 1.65. The van der Waals surface area contributed by atoms with E-state index < -0.39 is 11.7 Å². The average Bonchev–Trinajstić information content (AvgIpc) is 3.15. The molecule has 27 heavy (non-hydrogen) atoms. The van der Waals surface area contributed by atoms with E-state index in [-0.39, 0.29) is 24.5 Å². The predicted octanol–water partition coefficient (Wildman–Crippen LogP) is 5.43. The first-order valence-electron chi connectivity index (χ1n) is 8.71. The molecule has 0 amide bonds. The number of rotatable bonds is 3. The van der Waals surface area contributed by atoms with Crippen molar-refractivity contribution in [1.82, 2.24) is 0 Å². The number of ether oxygens (including phenoxy) is 1. The van der Waals surface area contributed by atoms with E-state index in [1.807, 2.05) is 42.5 Å². The van der Waals surface area contributed by atoms with Crippen molar-refractivity contribution < 1.29 is 17.9 Å². The summed E-state index contributed by atoms with van der Waals surface area (Å²) in [6, 6.07) is 13.4. The number of alkyl halides is 3. The van der Waals surface area contributed by atoms with Crippen LogP contribution in [0.5, 0.6) is 5.75 Å². The molecule has 0 saturated heterocycles. The van der Waals surface area contributed by atoms with Crippen LogP contribution in [0.1, 0.15) is 35.1 Å². The SMILES string of the molecule is N#CCOc1ccc([C@@H]2Nc3ccc(C(F)(F)F)cc3[C@@H]3C=CC[C@@H]32)cc1. The molecule has 0 bridgehead atoms. The molecule has 3 nitrogen and oxygen atoms in total. The first-order valence-corrected chi connectivity index (χ1v) is 8.71. The van der Waals surface area contributed by atoms with Crippen molar-refractivity contribution >= 4 is 5.69 Å². The van der Waals surface area contributed by atoms with E-state index in [2.05, 4.69) is 5.32 Å².